The van der Waals surface area contributed by atoms with Gasteiger partial charge in [0.2, 0.25) is 5.91 Å². The average Bonchev–Trinajstić information content (AvgIpc) is 2.26. The molecular formula is C16H25NO2. The first-order chi connectivity index (χ1) is 8.64. The molecule has 0 aliphatic rings. The molecule has 3 nitrogen and oxygen atoms in total. The van der Waals surface area contributed by atoms with Crippen LogP contribution in [0.4, 0.5) is 5.69 Å². The van der Waals surface area contributed by atoms with E-state index in [9.17, 15) is 4.79 Å². The zero-order chi connectivity index (χ0) is 14.7. The van der Waals surface area contributed by atoms with Crippen LogP contribution in [0.5, 0.6) is 5.75 Å². The highest BCUT2D eigenvalue weighted by Crippen LogP contribution is 2.34. The highest BCUT2D eigenvalue weighted by Gasteiger charge is 2.32. The fraction of sp³-hybridized carbons (Fsp3) is 0.562. The maximum Gasteiger partial charge on any atom is 0.230 e. The Balaban J connectivity index is 2.72. The number of carbonyl (C=O) groups is 1. The van der Waals surface area contributed by atoms with Crippen molar-refractivity contribution < 1.29 is 9.53 Å². The summed E-state index contributed by atoms with van der Waals surface area (Å²) in [6.45, 7) is 10.4. The number of carbonyl (C=O) groups excluding carboxylic acids is 1. The van der Waals surface area contributed by atoms with Crippen LogP contribution < -0.4 is 10.1 Å². The minimum Gasteiger partial charge on any atom is -0.497 e. The fourth-order valence-corrected chi connectivity index (χ4v) is 2.38. The van der Waals surface area contributed by atoms with Crippen molar-refractivity contribution in [1.82, 2.24) is 0 Å². The van der Waals surface area contributed by atoms with Crippen LogP contribution in [0.2, 0.25) is 0 Å². The molecule has 19 heavy (non-hydrogen) atoms. The summed E-state index contributed by atoms with van der Waals surface area (Å²) in [5.74, 6) is 0.833. The third-order valence-corrected chi connectivity index (χ3v) is 2.93. The van der Waals surface area contributed by atoms with Crippen molar-refractivity contribution in [2.75, 3.05) is 12.4 Å². The average molecular weight is 263 g/mol. The zero-order valence-corrected chi connectivity index (χ0v) is 12.8. The molecule has 0 heterocycles. The molecule has 0 saturated heterocycles. The van der Waals surface area contributed by atoms with Gasteiger partial charge >= 0.3 is 0 Å². The molecule has 3 heteroatoms. The monoisotopic (exact) mass is 263 g/mol. The molecule has 0 saturated carbocycles. The minimum atomic E-state index is -0.391. The van der Waals surface area contributed by atoms with E-state index in [1.54, 1.807) is 7.11 Å². The smallest absolute Gasteiger partial charge is 0.230 e. The van der Waals surface area contributed by atoms with Crippen LogP contribution in [0.25, 0.3) is 0 Å². The Hall–Kier alpha value is -1.51. The van der Waals surface area contributed by atoms with Crippen molar-refractivity contribution in [3.8, 4) is 5.75 Å². The van der Waals surface area contributed by atoms with Gasteiger partial charge in [0.25, 0.3) is 0 Å². The van der Waals surface area contributed by atoms with Crippen LogP contribution in [-0.2, 0) is 4.79 Å². The lowest BCUT2D eigenvalue weighted by Gasteiger charge is -2.31. The Morgan fingerprint density at radius 1 is 1.11 bits per heavy atom. The van der Waals surface area contributed by atoms with Gasteiger partial charge in [0.15, 0.2) is 0 Å². The van der Waals surface area contributed by atoms with Gasteiger partial charge in [-0.2, -0.15) is 0 Å². The van der Waals surface area contributed by atoms with E-state index in [1.165, 1.54) is 0 Å². The van der Waals surface area contributed by atoms with Crippen molar-refractivity contribution >= 4 is 11.6 Å². The van der Waals surface area contributed by atoms with Gasteiger partial charge in [-0.05, 0) is 36.1 Å². The van der Waals surface area contributed by atoms with E-state index in [-0.39, 0.29) is 11.3 Å². The molecule has 0 bridgehead atoms. The quantitative estimate of drug-likeness (QED) is 0.888. The van der Waals surface area contributed by atoms with E-state index in [2.05, 4.69) is 26.1 Å². The number of hydrogen-bond donors (Lipinski definition) is 1. The highest BCUT2D eigenvalue weighted by atomic mass is 16.5. The lowest BCUT2D eigenvalue weighted by Crippen LogP contribution is -2.34. The molecule has 0 aliphatic heterocycles. The Morgan fingerprint density at radius 2 is 1.63 bits per heavy atom. The first kappa shape index (κ1) is 15.5. The summed E-state index contributed by atoms with van der Waals surface area (Å²) in [5, 5.41) is 2.96. The van der Waals surface area contributed by atoms with Gasteiger partial charge in [0.1, 0.15) is 5.75 Å². The van der Waals surface area contributed by atoms with Gasteiger partial charge in [-0.15, -0.1) is 0 Å². The topological polar surface area (TPSA) is 38.3 Å². The second kappa shape index (κ2) is 5.64. The number of rotatable bonds is 4. The molecule has 0 spiro atoms. The summed E-state index contributed by atoms with van der Waals surface area (Å²) in [4.78, 5) is 12.3. The first-order valence-corrected chi connectivity index (χ1v) is 6.59. The second-order valence-electron chi connectivity index (χ2n) is 6.80. The molecule has 1 N–H and O–H groups in total. The van der Waals surface area contributed by atoms with Crippen molar-refractivity contribution in [1.29, 1.82) is 0 Å². The zero-order valence-electron chi connectivity index (χ0n) is 12.8. The van der Waals surface area contributed by atoms with Crippen LogP contribution in [-0.4, -0.2) is 13.0 Å². The second-order valence-corrected chi connectivity index (χ2v) is 6.80. The highest BCUT2D eigenvalue weighted by molar-refractivity contribution is 5.94. The van der Waals surface area contributed by atoms with Gasteiger partial charge in [0, 0.05) is 11.1 Å². The largest absolute Gasteiger partial charge is 0.497 e. The SMILES string of the molecule is COc1ccc(NC(=O)C(C)(C)CC(C)(C)C)cc1. The normalized spacial score (nSPS) is 12.1. The van der Waals surface area contributed by atoms with Crippen LogP contribution in [0.1, 0.15) is 41.0 Å². The van der Waals surface area contributed by atoms with E-state index in [1.807, 2.05) is 38.1 Å². The molecule has 0 aliphatic carbocycles. The molecule has 1 amide bonds. The number of benzene rings is 1. The molecule has 1 rings (SSSR count). The van der Waals surface area contributed by atoms with E-state index in [0.717, 1.165) is 17.9 Å². The molecule has 0 atom stereocenters. The van der Waals surface area contributed by atoms with Gasteiger partial charge in [-0.3, -0.25) is 4.79 Å². The van der Waals surface area contributed by atoms with Gasteiger partial charge in [0.05, 0.1) is 7.11 Å². The van der Waals surface area contributed by atoms with Crippen LogP contribution in [0.15, 0.2) is 24.3 Å². The third kappa shape index (κ3) is 4.93. The Morgan fingerprint density at radius 3 is 2.05 bits per heavy atom. The molecule has 0 unspecified atom stereocenters. The Labute approximate surface area is 116 Å². The van der Waals surface area contributed by atoms with E-state index in [4.69, 9.17) is 4.74 Å². The molecule has 106 valence electrons. The van der Waals surface area contributed by atoms with E-state index >= 15 is 0 Å². The summed E-state index contributed by atoms with van der Waals surface area (Å²) in [5.41, 5.74) is 0.534. The predicted octanol–water partition coefficient (Wildman–Crippen LogP) is 4.10. The molecule has 0 fully saturated rings. The third-order valence-electron chi connectivity index (χ3n) is 2.93. The molecule has 1 aromatic carbocycles. The van der Waals surface area contributed by atoms with Crippen LogP contribution in [0, 0.1) is 10.8 Å². The lowest BCUT2D eigenvalue weighted by atomic mass is 9.75. The van der Waals surface area contributed by atoms with Gasteiger partial charge < -0.3 is 10.1 Å². The molecular weight excluding hydrogens is 238 g/mol. The maximum atomic E-state index is 12.3. The summed E-state index contributed by atoms with van der Waals surface area (Å²) in [6.07, 6.45) is 0.835. The number of nitrogens with one attached hydrogen (secondary N) is 1. The van der Waals surface area contributed by atoms with E-state index < -0.39 is 5.41 Å². The number of anilines is 1. The van der Waals surface area contributed by atoms with Crippen molar-refractivity contribution in [3.63, 3.8) is 0 Å². The molecule has 1 aromatic rings. The summed E-state index contributed by atoms with van der Waals surface area (Å²) < 4.78 is 5.09. The lowest BCUT2D eigenvalue weighted by molar-refractivity contribution is -0.125. The maximum absolute atomic E-state index is 12.3. The fourth-order valence-electron chi connectivity index (χ4n) is 2.38. The summed E-state index contributed by atoms with van der Waals surface area (Å²) in [7, 11) is 1.63. The first-order valence-electron chi connectivity index (χ1n) is 6.59. The molecule has 0 aromatic heterocycles. The number of ether oxygens (including phenoxy) is 1. The van der Waals surface area contributed by atoms with Crippen LogP contribution in [0.3, 0.4) is 0 Å². The number of hydrogen-bond acceptors (Lipinski definition) is 2. The number of amides is 1. The van der Waals surface area contributed by atoms with Crippen LogP contribution >= 0.6 is 0 Å². The Bertz CT molecular complexity index is 427. The van der Waals surface area contributed by atoms with Crippen molar-refractivity contribution in [2.45, 2.75) is 41.0 Å². The molecule has 0 radical (unpaired) electrons. The van der Waals surface area contributed by atoms with Gasteiger partial charge in [-0.1, -0.05) is 34.6 Å². The standard InChI is InChI=1S/C16H25NO2/c1-15(2,3)11-16(4,5)14(18)17-12-7-9-13(19-6)10-8-12/h7-10H,11H2,1-6H3,(H,17,18). The predicted molar refractivity (Wildman–Crippen MR) is 79.5 cm³/mol. The van der Waals surface area contributed by atoms with E-state index in [0.29, 0.717) is 0 Å². The van der Waals surface area contributed by atoms with Crippen molar-refractivity contribution in [2.24, 2.45) is 10.8 Å². The summed E-state index contributed by atoms with van der Waals surface area (Å²) in [6, 6.07) is 7.38. The number of methoxy groups -OCH3 is 1. The van der Waals surface area contributed by atoms with Crippen molar-refractivity contribution in [3.05, 3.63) is 24.3 Å². The minimum absolute atomic E-state index is 0.0487. The summed E-state index contributed by atoms with van der Waals surface area (Å²) >= 11 is 0. The Kier molecular flexibility index (Phi) is 4.61. The van der Waals surface area contributed by atoms with Gasteiger partial charge in [-0.25, -0.2) is 0 Å².